The van der Waals surface area contributed by atoms with Gasteiger partial charge in [0.15, 0.2) is 0 Å². The van der Waals surface area contributed by atoms with Gasteiger partial charge in [-0.1, -0.05) is 66.2 Å². The van der Waals surface area contributed by atoms with E-state index >= 15 is 0 Å². The molecular formula is C28H28N4O3. The highest BCUT2D eigenvalue weighted by molar-refractivity contribution is 6.43. The Morgan fingerprint density at radius 1 is 1.00 bits per heavy atom. The molecule has 35 heavy (non-hydrogen) atoms. The number of ether oxygens (including phenoxy) is 1. The van der Waals surface area contributed by atoms with Crippen LogP contribution >= 0.6 is 0 Å². The summed E-state index contributed by atoms with van der Waals surface area (Å²) in [6, 6.07) is 25.3. The van der Waals surface area contributed by atoms with E-state index in [1.807, 2.05) is 105 Å². The molecule has 0 unspecified atom stereocenters. The van der Waals surface area contributed by atoms with Crippen molar-refractivity contribution in [2.24, 2.45) is 5.10 Å². The molecule has 1 amide bonds. The molecule has 0 aromatic heterocycles. The first-order valence-electron chi connectivity index (χ1n) is 11.6. The number of anilines is 2. The molecule has 178 valence electrons. The van der Waals surface area contributed by atoms with Crippen molar-refractivity contribution in [1.29, 1.82) is 0 Å². The van der Waals surface area contributed by atoms with Crippen LogP contribution in [0, 0.1) is 6.92 Å². The number of rotatable bonds is 4. The van der Waals surface area contributed by atoms with Crippen molar-refractivity contribution in [3.05, 3.63) is 95.6 Å². The van der Waals surface area contributed by atoms with Crippen molar-refractivity contribution >= 4 is 29.1 Å². The molecule has 0 N–H and O–H groups in total. The molecule has 0 saturated heterocycles. The van der Waals surface area contributed by atoms with Crippen LogP contribution in [0.2, 0.25) is 0 Å². The van der Waals surface area contributed by atoms with Gasteiger partial charge in [-0.05, 0) is 50.1 Å². The molecule has 7 nitrogen and oxygen atoms in total. The minimum absolute atomic E-state index is 0.0746. The van der Waals surface area contributed by atoms with Gasteiger partial charge in [0, 0.05) is 6.54 Å². The number of benzene rings is 3. The number of carbonyl (C=O) groups excluding carboxylic acids is 2. The highest BCUT2D eigenvalue weighted by Gasteiger charge is 2.58. The van der Waals surface area contributed by atoms with Crippen LogP contribution in [0.3, 0.4) is 0 Å². The van der Waals surface area contributed by atoms with E-state index in [9.17, 15) is 9.59 Å². The van der Waals surface area contributed by atoms with Crippen LogP contribution in [0.4, 0.5) is 11.4 Å². The van der Waals surface area contributed by atoms with Crippen LogP contribution in [0.5, 0.6) is 0 Å². The molecule has 2 aliphatic heterocycles. The lowest BCUT2D eigenvalue weighted by atomic mass is 10.0. The number of amidine groups is 1. The molecule has 0 saturated carbocycles. The van der Waals surface area contributed by atoms with Crippen molar-refractivity contribution in [2.45, 2.75) is 39.0 Å². The number of amides is 1. The van der Waals surface area contributed by atoms with Gasteiger partial charge in [0.25, 0.3) is 5.91 Å². The summed E-state index contributed by atoms with van der Waals surface area (Å²) >= 11 is 0. The van der Waals surface area contributed by atoms with Crippen LogP contribution in [0.15, 0.2) is 84.0 Å². The van der Waals surface area contributed by atoms with Gasteiger partial charge in [-0.25, -0.2) is 9.80 Å². The zero-order chi connectivity index (χ0) is 24.7. The topological polar surface area (TPSA) is 65.5 Å². The van der Waals surface area contributed by atoms with Gasteiger partial charge in [-0.2, -0.15) is 0 Å². The Bertz CT molecular complexity index is 1310. The number of fused-ring (bicyclic) bond motifs is 3. The Kier molecular flexibility index (Phi) is 5.55. The normalized spacial score (nSPS) is 20.1. The van der Waals surface area contributed by atoms with E-state index in [2.05, 4.69) is 5.10 Å². The predicted octanol–water partition coefficient (Wildman–Crippen LogP) is 4.63. The first-order chi connectivity index (χ1) is 16.9. The van der Waals surface area contributed by atoms with Gasteiger partial charge >= 0.3 is 5.97 Å². The van der Waals surface area contributed by atoms with E-state index in [4.69, 9.17) is 4.74 Å². The van der Waals surface area contributed by atoms with Gasteiger partial charge < -0.3 is 9.64 Å². The number of carbonyl (C=O) groups is 2. The molecule has 2 atom stereocenters. The third kappa shape index (κ3) is 3.55. The Hall–Kier alpha value is -4.13. The lowest BCUT2D eigenvalue weighted by Gasteiger charge is -2.42. The number of hydrogen-bond donors (Lipinski definition) is 0. The highest BCUT2D eigenvalue weighted by Crippen LogP contribution is 2.44. The van der Waals surface area contributed by atoms with E-state index in [-0.39, 0.29) is 17.8 Å². The fourth-order valence-corrected chi connectivity index (χ4v) is 4.91. The van der Waals surface area contributed by atoms with Crippen molar-refractivity contribution in [3.63, 3.8) is 0 Å². The first-order valence-corrected chi connectivity index (χ1v) is 11.6. The summed E-state index contributed by atoms with van der Waals surface area (Å²) in [4.78, 5) is 31.1. The zero-order valence-corrected chi connectivity index (χ0v) is 20.3. The van der Waals surface area contributed by atoms with E-state index in [1.165, 1.54) is 7.11 Å². The van der Waals surface area contributed by atoms with E-state index in [1.54, 1.807) is 9.91 Å². The first kappa shape index (κ1) is 22.7. The minimum atomic E-state index is -1.32. The van der Waals surface area contributed by atoms with Crippen LogP contribution in [0.25, 0.3) is 0 Å². The van der Waals surface area contributed by atoms with Gasteiger partial charge in [0.2, 0.25) is 11.5 Å². The van der Waals surface area contributed by atoms with E-state index < -0.39 is 11.6 Å². The molecule has 0 radical (unpaired) electrons. The number of para-hydroxylation sites is 1. The number of hydrogen-bond acceptors (Lipinski definition) is 6. The summed E-state index contributed by atoms with van der Waals surface area (Å²) < 4.78 is 5.10. The Labute approximate surface area is 205 Å². The SMILES string of the molecule is COC(=O)C1=NN(c2ccc(C)cc2)[C@@]2(C)C(=O)N([C@@H](C)c3ccccc3)Cc3ccccc3N12. The second kappa shape index (κ2) is 8.58. The molecule has 0 spiro atoms. The van der Waals surface area contributed by atoms with Gasteiger partial charge in [-0.15, -0.1) is 5.10 Å². The summed E-state index contributed by atoms with van der Waals surface area (Å²) in [6.45, 7) is 6.25. The maximum Gasteiger partial charge on any atom is 0.376 e. The fraction of sp³-hybridized carbons (Fsp3) is 0.250. The Balaban J connectivity index is 1.73. The highest BCUT2D eigenvalue weighted by atomic mass is 16.5. The molecule has 2 heterocycles. The van der Waals surface area contributed by atoms with Crippen molar-refractivity contribution in [3.8, 4) is 0 Å². The molecule has 0 bridgehead atoms. The molecule has 7 heteroatoms. The number of methoxy groups -OCH3 is 1. The Morgan fingerprint density at radius 2 is 1.66 bits per heavy atom. The van der Waals surface area contributed by atoms with Gasteiger partial charge in [0.1, 0.15) is 0 Å². The lowest BCUT2D eigenvalue weighted by Crippen LogP contribution is -2.63. The van der Waals surface area contributed by atoms with Crippen LogP contribution in [-0.2, 0) is 20.9 Å². The van der Waals surface area contributed by atoms with Crippen molar-refractivity contribution in [1.82, 2.24) is 4.90 Å². The van der Waals surface area contributed by atoms with Crippen LogP contribution in [0.1, 0.15) is 36.6 Å². The summed E-state index contributed by atoms with van der Waals surface area (Å²) in [7, 11) is 1.33. The quantitative estimate of drug-likeness (QED) is 0.523. The molecule has 0 aliphatic carbocycles. The largest absolute Gasteiger partial charge is 0.463 e. The summed E-state index contributed by atoms with van der Waals surface area (Å²) in [5, 5.41) is 6.33. The zero-order valence-electron chi connectivity index (χ0n) is 20.3. The average molecular weight is 469 g/mol. The van der Waals surface area contributed by atoms with Gasteiger partial charge in [0.05, 0.1) is 24.5 Å². The average Bonchev–Trinajstić information content (AvgIpc) is 3.16. The summed E-state index contributed by atoms with van der Waals surface area (Å²) in [5.41, 5.74) is 3.18. The van der Waals surface area contributed by atoms with Crippen LogP contribution in [-0.4, -0.2) is 35.4 Å². The second-order valence-electron chi connectivity index (χ2n) is 9.07. The maximum atomic E-state index is 14.6. The molecule has 3 aromatic carbocycles. The number of aryl methyl sites for hydroxylation is 1. The Morgan fingerprint density at radius 3 is 2.34 bits per heavy atom. The number of esters is 1. The standard InChI is InChI=1S/C28H28N4O3/c1-19-14-16-23(17-15-19)32-28(3)27(34)30(20(2)21-10-6-5-7-11-21)18-22-12-8-9-13-24(22)31(28)25(29-32)26(33)35-4/h5-17,20H,18H2,1-4H3/t20-,28-/m0/s1. The van der Waals surface area contributed by atoms with Crippen molar-refractivity contribution < 1.29 is 14.3 Å². The third-order valence-electron chi connectivity index (χ3n) is 6.89. The molecule has 3 aromatic rings. The van der Waals surface area contributed by atoms with E-state index in [0.29, 0.717) is 12.2 Å². The smallest absolute Gasteiger partial charge is 0.376 e. The number of hydrazone groups is 1. The lowest BCUT2D eigenvalue weighted by molar-refractivity contribution is -0.138. The fourth-order valence-electron chi connectivity index (χ4n) is 4.91. The second-order valence-corrected chi connectivity index (χ2v) is 9.07. The maximum absolute atomic E-state index is 14.6. The number of nitrogens with zero attached hydrogens (tertiary/aromatic N) is 4. The third-order valence-corrected chi connectivity index (χ3v) is 6.89. The monoisotopic (exact) mass is 468 g/mol. The summed E-state index contributed by atoms with van der Waals surface area (Å²) in [6.07, 6.45) is 0. The molecule has 5 rings (SSSR count). The van der Waals surface area contributed by atoms with Gasteiger partial charge in [-0.3, -0.25) is 9.69 Å². The summed E-state index contributed by atoms with van der Waals surface area (Å²) in [5.74, 6) is -0.683. The van der Waals surface area contributed by atoms with Crippen molar-refractivity contribution in [2.75, 3.05) is 17.0 Å². The molecule has 2 aliphatic rings. The molecule has 0 fully saturated rings. The predicted molar refractivity (Wildman–Crippen MR) is 136 cm³/mol. The molecular weight excluding hydrogens is 440 g/mol. The minimum Gasteiger partial charge on any atom is -0.463 e. The van der Waals surface area contributed by atoms with E-state index in [0.717, 1.165) is 22.4 Å². The van der Waals surface area contributed by atoms with Crippen LogP contribution < -0.4 is 9.91 Å².